The topological polar surface area (TPSA) is 77.3 Å². The summed E-state index contributed by atoms with van der Waals surface area (Å²) in [7, 11) is 1.26. The maximum Gasteiger partial charge on any atom is 0.354 e. The number of fused-ring (bicyclic) bond motifs is 3. The lowest BCUT2D eigenvalue weighted by Crippen LogP contribution is -2.20. The Balaban J connectivity index is 1.65. The average Bonchev–Trinajstić information content (AvgIpc) is 3.15. The number of carbonyl (C=O) groups is 2. The zero-order chi connectivity index (χ0) is 22.5. The van der Waals surface area contributed by atoms with Gasteiger partial charge in [-0.15, -0.1) is 10.2 Å². The Bertz CT molecular complexity index is 1180. The van der Waals surface area contributed by atoms with Gasteiger partial charge in [0.15, 0.2) is 11.5 Å². The van der Waals surface area contributed by atoms with Crippen molar-refractivity contribution in [3.8, 4) is 16.9 Å². The van der Waals surface area contributed by atoms with Crippen LogP contribution in [0.15, 0.2) is 83.0 Å². The Morgan fingerprint density at radius 1 is 0.812 bits per heavy atom. The third-order valence-corrected chi connectivity index (χ3v) is 5.16. The van der Waals surface area contributed by atoms with Gasteiger partial charge in [-0.05, 0) is 42.3 Å². The van der Waals surface area contributed by atoms with Gasteiger partial charge in [-0.3, -0.25) is 4.79 Å². The molecule has 0 spiro atoms. The Morgan fingerprint density at radius 2 is 1.38 bits per heavy atom. The van der Waals surface area contributed by atoms with Gasteiger partial charge in [-0.2, -0.15) is 0 Å². The van der Waals surface area contributed by atoms with Gasteiger partial charge in [0, 0.05) is 16.7 Å². The molecule has 0 atom stereocenters. The van der Waals surface area contributed by atoms with E-state index in [9.17, 15) is 9.59 Å². The number of nitrogens with zero attached hydrogens (tertiary/aromatic N) is 2. The van der Waals surface area contributed by atoms with E-state index in [2.05, 4.69) is 10.2 Å². The fraction of sp³-hybridized carbons (Fsp3) is 0.154. The summed E-state index contributed by atoms with van der Waals surface area (Å²) in [4.78, 5) is 25.1. The molecule has 160 valence electrons. The molecular formula is C26H22N2O4. The normalized spacial score (nSPS) is 12.1. The first kappa shape index (κ1) is 21.2. The summed E-state index contributed by atoms with van der Waals surface area (Å²) in [5.41, 5.74) is 5.03. The summed E-state index contributed by atoms with van der Waals surface area (Å²) in [5, 5.41) is 8.56. The number of rotatable bonds is 7. The molecule has 3 aromatic rings. The van der Waals surface area contributed by atoms with Crippen LogP contribution in [-0.4, -0.2) is 36.9 Å². The van der Waals surface area contributed by atoms with Crippen LogP contribution in [0.2, 0.25) is 0 Å². The van der Waals surface area contributed by atoms with Gasteiger partial charge < -0.3 is 9.47 Å². The molecule has 0 saturated heterocycles. The number of hydrogen-bond acceptors (Lipinski definition) is 6. The zero-order valence-corrected chi connectivity index (χ0v) is 17.9. The predicted octanol–water partition coefficient (Wildman–Crippen LogP) is 4.71. The van der Waals surface area contributed by atoms with Crippen LogP contribution in [0.4, 0.5) is 0 Å². The van der Waals surface area contributed by atoms with Crippen LogP contribution < -0.4 is 4.74 Å². The number of methoxy groups -OCH3 is 1. The van der Waals surface area contributed by atoms with Crippen LogP contribution in [0.25, 0.3) is 11.1 Å². The molecule has 0 heterocycles. The van der Waals surface area contributed by atoms with E-state index < -0.39 is 5.97 Å². The van der Waals surface area contributed by atoms with Gasteiger partial charge >= 0.3 is 5.97 Å². The molecular weight excluding hydrogens is 404 g/mol. The van der Waals surface area contributed by atoms with Crippen LogP contribution in [0.5, 0.6) is 5.75 Å². The first-order valence-corrected chi connectivity index (χ1v) is 10.3. The Labute approximate surface area is 186 Å². The molecule has 0 bridgehead atoms. The highest BCUT2D eigenvalue weighted by atomic mass is 16.5. The molecule has 1 aliphatic carbocycles. The minimum absolute atomic E-state index is 0.0549. The van der Waals surface area contributed by atoms with Gasteiger partial charge in [-0.25, -0.2) is 4.79 Å². The molecule has 0 N–H and O–H groups in total. The molecule has 0 radical (unpaired) electrons. The fourth-order valence-corrected chi connectivity index (χ4v) is 3.64. The molecule has 0 saturated carbocycles. The SMILES string of the molecule is CCOc1ccc(C(=O)C/C(=N/N=C2c3ccccc3-c3ccccc32)C(=O)OC)cc1. The van der Waals surface area contributed by atoms with Gasteiger partial charge in [0.25, 0.3) is 0 Å². The van der Waals surface area contributed by atoms with Crippen LogP contribution in [0.1, 0.15) is 34.8 Å². The van der Waals surface area contributed by atoms with Crippen molar-refractivity contribution in [2.45, 2.75) is 13.3 Å². The number of Topliss-reactive ketones (excluding diaryl/α,β-unsaturated/α-hetero) is 1. The fourth-order valence-electron chi connectivity index (χ4n) is 3.64. The third-order valence-electron chi connectivity index (χ3n) is 5.16. The quantitative estimate of drug-likeness (QED) is 0.186. The van der Waals surface area contributed by atoms with Gasteiger partial charge in [0.2, 0.25) is 0 Å². The van der Waals surface area contributed by atoms with Crippen molar-refractivity contribution in [3.05, 3.63) is 89.5 Å². The number of esters is 1. The Hall–Kier alpha value is -4.06. The summed E-state index contributed by atoms with van der Waals surface area (Å²) in [5.74, 6) is -0.270. The Morgan fingerprint density at radius 3 is 1.91 bits per heavy atom. The van der Waals surface area contributed by atoms with Crippen molar-refractivity contribution >= 4 is 23.2 Å². The lowest BCUT2D eigenvalue weighted by atomic mass is 10.1. The Kier molecular flexibility index (Phi) is 6.22. The van der Waals surface area contributed by atoms with Crippen molar-refractivity contribution in [2.75, 3.05) is 13.7 Å². The predicted molar refractivity (Wildman–Crippen MR) is 124 cm³/mol. The van der Waals surface area contributed by atoms with Gasteiger partial charge in [0.05, 0.1) is 20.1 Å². The minimum atomic E-state index is -0.687. The molecule has 0 fully saturated rings. The van der Waals surface area contributed by atoms with Crippen LogP contribution >= 0.6 is 0 Å². The smallest absolute Gasteiger partial charge is 0.354 e. The van der Waals surface area contributed by atoms with Crippen molar-refractivity contribution < 1.29 is 19.1 Å². The van der Waals surface area contributed by atoms with Crippen LogP contribution in [0.3, 0.4) is 0 Å². The molecule has 32 heavy (non-hydrogen) atoms. The highest BCUT2D eigenvalue weighted by molar-refractivity contribution is 6.40. The molecule has 4 rings (SSSR count). The van der Waals surface area contributed by atoms with E-state index >= 15 is 0 Å². The summed E-state index contributed by atoms with van der Waals surface area (Å²) < 4.78 is 10.2. The summed E-state index contributed by atoms with van der Waals surface area (Å²) in [6.07, 6.45) is -0.221. The second kappa shape index (κ2) is 9.39. The number of ether oxygens (including phenoxy) is 2. The van der Waals surface area contributed by atoms with Crippen molar-refractivity contribution in [1.82, 2.24) is 0 Å². The first-order valence-electron chi connectivity index (χ1n) is 10.3. The van der Waals surface area contributed by atoms with Crippen molar-refractivity contribution in [3.63, 3.8) is 0 Å². The second-order valence-corrected chi connectivity index (χ2v) is 7.14. The van der Waals surface area contributed by atoms with E-state index in [1.165, 1.54) is 7.11 Å². The van der Waals surface area contributed by atoms with E-state index in [1.807, 2.05) is 55.5 Å². The van der Waals surface area contributed by atoms with E-state index in [-0.39, 0.29) is 17.9 Å². The molecule has 0 aliphatic heterocycles. The molecule has 3 aromatic carbocycles. The summed E-state index contributed by atoms with van der Waals surface area (Å²) in [6, 6.07) is 22.6. The monoisotopic (exact) mass is 426 g/mol. The number of ketones is 1. The maximum atomic E-state index is 12.8. The first-order chi connectivity index (χ1) is 15.6. The molecule has 1 aliphatic rings. The second-order valence-electron chi connectivity index (χ2n) is 7.14. The minimum Gasteiger partial charge on any atom is -0.494 e. The number of carbonyl (C=O) groups excluding carboxylic acids is 2. The number of benzene rings is 3. The zero-order valence-electron chi connectivity index (χ0n) is 17.9. The molecule has 0 amide bonds. The van der Waals surface area contributed by atoms with E-state index in [0.29, 0.717) is 23.6 Å². The highest BCUT2D eigenvalue weighted by Gasteiger charge is 2.25. The summed E-state index contributed by atoms with van der Waals surface area (Å²) in [6.45, 7) is 2.43. The standard InChI is InChI=1S/C26H22N2O4/c1-3-32-18-14-12-17(13-15-18)24(29)16-23(26(30)31-2)27-28-25-21-10-6-4-8-19(21)20-9-5-7-11-22(20)25/h4-15H,3,16H2,1-2H3/b27-23-. The van der Waals surface area contributed by atoms with Gasteiger partial charge in [-0.1, -0.05) is 48.5 Å². The maximum absolute atomic E-state index is 12.8. The van der Waals surface area contributed by atoms with E-state index in [1.54, 1.807) is 24.3 Å². The molecule has 0 unspecified atom stereocenters. The third kappa shape index (κ3) is 4.21. The largest absolute Gasteiger partial charge is 0.494 e. The lowest BCUT2D eigenvalue weighted by Gasteiger charge is -2.06. The highest BCUT2D eigenvalue weighted by Crippen LogP contribution is 2.36. The molecule has 0 aromatic heterocycles. The van der Waals surface area contributed by atoms with E-state index in [4.69, 9.17) is 9.47 Å². The van der Waals surface area contributed by atoms with Crippen molar-refractivity contribution in [1.29, 1.82) is 0 Å². The number of hydrogen-bond donors (Lipinski definition) is 0. The van der Waals surface area contributed by atoms with Crippen LogP contribution in [-0.2, 0) is 9.53 Å². The summed E-state index contributed by atoms with van der Waals surface area (Å²) >= 11 is 0. The van der Waals surface area contributed by atoms with Crippen molar-refractivity contribution in [2.24, 2.45) is 10.2 Å². The van der Waals surface area contributed by atoms with Crippen LogP contribution in [0, 0.1) is 0 Å². The molecule has 6 heteroatoms. The average molecular weight is 426 g/mol. The molecule has 6 nitrogen and oxygen atoms in total. The van der Waals surface area contributed by atoms with Gasteiger partial charge in [0.1, 0.15) is 11.5 Å². The lowest BCUT2D eigenvalue weighted by molar-refractivity contribution is -0.132. The van der Waals surface area contributed by atoms with E-state index in [0.717, 1.165) is 22.3 Å².